The van der Waals surface area contributed by atoms with E-state index in [4.69, 9.17) is 0 Å². The zero-order chi connectivity index (χ0) is 7.94. The normalized spacial score (nSPS) is 47.4. The van der Waals surface area contributed by atoms with Crippen LogP contribution in [0, 0.1) is 11.8 Å². The first-order chi connectivity index (χ1) is 4.45. The van der Waals surface area contributed by atoms with E-state index in [0.717, 1.165) is 0 Å². The third kappa shape index (κ3) is 0.904. The number of ether oxygens (including phenoxy) is 1. The Kier molecular flexibility index (Phi) is 1.47. The molecule has 1 aliphatic heterocycles. The van der Waals surface area contributed by atoms with Gasteiger partial charge in [-0.2, -0.15) is 0 Å². The molecule has 1 N–H and O–H groups in total. The maximum absolute atomic E-state index is 10.8. The number of cyclic esters (lactones) is 1. The summed E-state index contributed by atoms with van der Waals surface area (Å²) in [7, 11) is 0. The second-order valence-electron chi connectivity index (χ2n) is 3.05. The standard InChI is InChI=1S/C7H12O3/c1-4-5(2)7(3,9)10-6(4)8/h4-5,9H,1-3H3/t4-,5-,7-/m0/s1. The zero-order valence-corrected chi connectivity index (χ0v) is 6.42. The molecule has 1 rings (SSSR count). The van der Waals surface area contributed by atoms with Gasteiger partial charge in [0, 0.05) is 12.8 Å². The molecule has 0 aromatic heterocycles. The fourth-order valence-corrected chi connectivity index (χ4v) is 1.06. The molecule has 0 spiro atoms. The Hall–Kier alpha value is -0.570. The molecule has 0 aromatic rings. The van der Waals surface area contributed by atoms with Gasteiger partial charge in [-0.3, -0.25) is 4.79 Å². The summed E-state index contributed by atoms with van der Waals surface area (Å²) in [6.45, 7) is 5.07. The van der Waals surface area contributed by atoms with Gasteiger partial charge in [-0.05, 0) is 0 Å². The highest BCUT2D eigenvalue weighted by Crippen LogP contribution is 2.34. The number of carbonyl (C=O) groups is 1. The average Bonchev–Trinajstić information content (AvgIpc) is 1.95. The molecule has 3 nitrogen and oxygen atoms in total. The number of rotatable bonds is 0. The second-order valence-corrected chi connectivity index (χ2v) is 3.05. The molecule has 0 unspecified atom stereocenters. The molecule has 0 amide bonds. The van der Waals surface area contributed by atoms with Crippen LogP contribution in [-0.2, 0) is 9.53 Å². The van der Waals surface area contributed by atoms with Crippen LogP contribution >= 0.6 is 0 Å². The molecule has 1 aliphatic rings. The average molecular weight is 144 g/mol. The fraction of sp³-hybridized carbons (Fsp3) is 0.857. The molecule has 0 radical (unpaired) electrons. The van der Waals surface area contributed by atoms with Crippen LogP contribution in [-0.4, -0.2) is 16.9 Å². The van der Waals surface area contributed by atoms with E-state index < -0.39 is 5.79 Å². The Morgan fingerprint density at radius 3 is 2.20 bits per heavy atom. The van der Waals surface area contributed by atoms with Crippen LogP contribution in [0.4, 0.5) is 0 Å². The van der Waals surface area contributed by atoms with Gasteiger partial charge >= 0.3 is 5.97 Å². The molecular formula is C7H12O3. The van der Waals surface area contributed by atoms with Crippen molar-refractivity contribution in [1.82, 2.24) is 0 Å². The van der Waals surface area contributed by atoms with E-state index in [0.29, 0.717) is 0 Å². The van der Waals surface area contributed by atoms with Crippen LogP contribution in [0.3, 0.4) is 0 Å². The molecule has 1 saturated heterocycles. The van der Waals surface area contributed by atoms with Crippen molar-refractivity contribution in [3.63, 3.8) is 0 Å². The first-order valence-corrected chi connectivity index (χ1v) is 3.40. The van der Waals surface area contributed by atoms with Gasteiger partial charge in [0.25, 0.3) is 0 Å². The van der Waals surface area contributed by atoms with Crippen LogP contribution in [0.1, 0.15) is 20.8 Å². The number of esters is 1. The maximum Gasteiger partial charge on any atom is 0.311 e. The van der Waals surface area contributed by atoms with Gasteiger partial charge in [-0.1, -0.05) is 13.8 Å². The van der Waals surface area contributed by atoms with E-state index in [1.165, 1.54) is 6.92 Å². The monoisotopic (exact) mass is 144 g/mol. The zero-order valence-electron chi connectivity index (χ0n) is 6.42. The van der Waals surface area contributed by atoms with E-state index >= 15 is 0 Å². The Morgan fingerprint density at radius 2 is 2.10 bits per heavy atom. The summed E-state index contributed by atoms with van der Waals surface area (Å²) >= 11 is 0. The third-order valence-electron chi connectivity index (χ3n) is 2.27. The highest BCUT2D eigenvalue weighted by molar-refractivity contribution is 5.75. The van der Waals surface area contributed by atoms with Crippen LogP contribution in [0.2, 0.25) is 0 Å². The predicted molar refractivity (Wildman–Crippen MR) is 35.0 cm³/mol. The minimum atomic E-state index is -1.25. The van der Waals surface area contributed by atoms with Gasteiger partial charge in [0.2, 0.25) is 5.79 Å². The summed E-state index contributed by atoms with van der Waals surface area (Å²) in [5.74, 6) is -1.86. The molecule has 0 aliphatic carbocycles. The fourth-order valence-electron chi connectivity index (χ4n) is 1.06. The van der Waals surface area contributed by atoms with Gasteiger partial charge in [-0.25, -0.2) is 0 Å². The lowest BCUT2D eigenvalue weighted by Gasteiger charge is -2.19. The van der Waals surface area contributed by atoms with Crippen LogP contribution in [0.15, 0.2) is 0 Å². The SMILES string of the molecule is C[C@@H]1C(=O)O[C@](C)(O)[C@H]1C. The first kappa shape index (κ1) is 7.54. The minimum absolute atomic E-state index is 0.111. The van der Waals surface area contributed by atoms with E-state index in [-0.39, 0.29) is 17.8 Å². The summed E-state index contributed by atoms with van der Waals surface area (Å²) in [6, 6.07) is 0. The maximum atomic E-state index is 10.8. The van der Waals surface area contributed by atoms with Crippen molar-refractivity contribution in [3.8, 4) is 0 Å². The van der Waals surface area contributed by atoms with E-state index in [2.05, 4.69) is 4.74 Å². The second kappa shape index (κ2) is 1.95. The van der Waals surface area contributed by atoms with Gasteiger partial charge in [0.1, 0.15) is 0 Å². The van der Waals surface area contributed by atoms with Crippen LogP contribution < -0.4 is 0 Å². The summed E-state index contributed by atoms with van der Waals surface area (Å²) in [5.41, 5.74) is 0. The van der Waals surface area contributed by atoms with E-state index in [1.807, 2.05) is 0 Å². The molecule has 3 atom stereocenters. The Balaban J connectivity index is 2.81. The van der Waals surface area contributed by atoms with E-state index in [1.54, 1.807) is 13.8 Å². The topological polar surface area (TPSA) is 46.5 Å². The molecular weight excluding hydrogens is 132 g/mol. The van der Waals surface area contributed by atoms with Gasteiger partial charge in [-0.15, -0.1) is 0 Å². The lowest BCUT2D eigenvalue weighted by molar-refractivity contribution is -0.190. The van der Waals surface area contributed by atoms with Crippen LogP contribution in [0.25, 0.3) is 0 Å². The lowest BCUT2D eigenvalue weighted by Crippen LogP contribution is -2.30. The number of hydrogen-bond donors (Lipinski definition) is 1. The molecule has 10 heavy (non-hydrogen) atoms. The van der Waals surface area contributed by atoms with Crippen molar-refractivity contribution < 1.29 is 14.6 Å². The highest BCUT2D eigenvalue weighted by atomic mass is 16.7. The molecule has 58 valence electrons. The summed E-state index contributed by atoms with van der Waals surface area (Å²) in [6.07, 6.45) is 0. The molecule has 0 bridgehead atoms. The number of aliphatic hydroxyl groups is 1. The Labute approximate surface area is 60.0 Å². The third-order valence-corrected chi connectivity index (χ3v) is 2.27. The van der Waals surface area contributed by atoms with Crippen LogP contribution in [0.5, 0.6) is 0 Å². The Morgan fingerprint density at radius 1 is 1.60 bits per heavy atom. The minimum Gasteiger partial charge on any atom is -0.433 e. The van der Waals surface area contributed by atoms with Gasteiger partial charge < -0.3 is 9.84 Å². The van der Waals surface area contributed by atoms with E-state index in [9.17, 15) is 9.90 Å². The van der Waals surface area contributed by atoms with Crippen molar-refractivity contribution in [2.75, 3.05) is 0 Å². The van der Waals surface area contributed by atoms with Crippen molar-refractivity contribution in [2.24, 2.45) is 11.8 Å². The van der Waals surface area contributed by atoms with Gasteiger partial charge in [0.05, 0.1) is 5.92 Å². The quantitative estimate of drug-likeness (QED) is 0.504. The summed E-state index contributed by atoms with van der Waals surface area (Å²) < 4.78 is 4.69. The molecule has 0 aromatic carbocycles. The molecule has 1 heterocycles. The highest BCUT2D eigenvalue weighted by Gasteiger charge is 2.46. The lowest BCUT2D eigenvalue weighted by atomic mass is 9.93. The largest absolute Gasteiger partial charge is 0.433 e. The number of carbonyl (C=O) groups excluding carboxylic acids is 1. The van der Waals surface area contributed by atoms with Crippen molar-refractivity contribution >= 4 is 5.97 Å². The summed E-state index contributed by atoms with van der Waals surface area (Å²) in [5, 5.41) is 9.36. The van der Waals surface area contributed by atoms with Crippen molar-refractivity contribution in [3.05, 3.63) is 0 Å². The first-order valence-electron chi connectivity index (χ1n) is 3.40. The number of hydrogen-bond acceptors (Lipinski definition) is 3. The molecule has 0 saturated carbocycles. The van der Waals surface area contributed by atoms with Crippen molar-refractivity contribution in [1.29, 1.82) is 0 Å². The molecule has 3 heteroatoms. The molecule has 1 fully saturated rings. The van der Waals surface area contributed by atoms with Crippen molar-refractivity contribution in [2.45, 2.75) is 26.6 Å². The summed E-state index contributed by atoms with van der Waals surface area (Å²) in [4.78, 5) is 10.8. The predicted octanol–water partition coefficient (Wildman–Crippen LogP) is 0.524. The van der Waals surface area contributed by atoms with Gasteiger partial charge in [0.15, 0.2) is 0 Å². The smallest absolute Gasteiger partial charge is 0.311 e. The Bertz CT molecular complexity index is 162.